The van der Waals surface area contributed by atoms with Gasteiger partial charge in [-0.15, -0.1) is 5.10 Å². The first-order chi connectivity index (χ1) is 8.41. The second-order valence-corrected chi connectivity index (χ2v) is 5.05. The molecule has 0 aliphatic carbocycles. The summed E-state index contributed by atoms with van der Waals surface area (Å²) in [6, 6.07) is 1.90. The van der Waals surface area contributed by atoms with E-state index in [-0.39, 0.29) is 17.5 Å². The zero-order chi connectivity index (χ0) is 13.4. The summed E-state index contributed by atoms with van der Waals surface area (Å²) >= 11 is 0. The van der Waals surface area contributed by atoms with Crippen molar-refractivity contribution in [2.45, 2.75) is 33.6 Å². The molecule has 0 bridgehead atoms. The van der Waals surface area contributed by atoms with E-state index in [4.69, 9.17) is 5.73 Å². The Labute approximate surface area is 106 Å². The fraction of sp³-hybridized carbons (Fsp3) is 0.462. The van der Waals surface area contributed by atoms with Gasteiger partial charge < -0.3 is 5.73 Å². The van der Waals surface area contributed by atoms with Crippen molar-refractivity contribution < 1.29 is 4.79 Å². The van der Waals surface area contributed by atoms with Crippen LogP contribution in [-0.2, 0) is 0 Å². The van der Waals surface area contributed by atoms with Gasteiger partial charge in [-0.1, -0.05) is 27.7 Å². The van der Waals surface area contributed by atoms with Crippen molar-refractivity contribution in [3.05, 3.63) is 23.5 Å². The van der Waals surface area contributed by atoms with Crippen molar-refractivity contribution in [1.29, 1.82) is 0 Å². The van der Waals surface area contributed by atoms with E-state index in [0.717, 1.165) is 5.69 Å². The normalized spacial score (nSPS) is 11.7. The highest BCUT2D eigenvalue weighted by molar-refractivity contribution is 6.06. The van der Waals surface area contributed by atoms with Gasteiger partial charge in [-0.25, -0.2) is 9.50 Å². The van der Waals surface area contributed by atoms with Crippen LogP contribution in [0.5, 0.6) is 0 Å². The van der Waals surface area contributed by atoms with Crippen LogP contribution in [0.1, 0.15) is 49.7 Å². The maximum absolute atomic E-state index is 12.1. The van der Waals surface area contributed by atoms with Crippen LogP contribution in [0.25, 0.3) is 5.65 Å². The number of carbonyl (C=O) groups excluding carboxylic acids is 1. The summed E-state index contributed by atoms with van der Waals surface area (Å²) in [6.45, 7) is 7.81. The van der Waals surface area contributed by atoms with E-state index in [1.54, 1.807) is 10.7 Å². The monoisotopic (exact) mass is 246 g/mol. The summed E-state index contributed by atoms with van der Waals surface area (Å²) in [5.41, 5.74) is 7.75. The Balaban J connectivity index is 2.68. The predicted molar refractivity (Wildman–Crippen MR) is 70.7 cm³/mol. The molecular formula is C13H18N4O. The van der Waals surface area contributed by atoms with Gasteiger partial charge in [-0.05, 0) is 12.0 Å². The minimum absolute atomic E-state index is 0.0177. The molecule has 0 saturated carbocycles. The SMILES string of the molecule is CC(C)C(=O)c1c(N)nn2ccc(C(C)C)nc12. The molecule has 0 unspecified atom stereocenters. The smallest absolute Gasteiger partial charge is 0.172 e. The van der Waals surface area contributed by atoms with E-state index < -0.39 is 0 Å². The number of nitrogens with two attached hydrogens (primary N) is 1. The average Bonchev–Trinajstić information content (AvgIpc) is 2.62. The number of carbonyl (C=O) groups is 1. The highest BCUT2D eigenvalue weighted by Gasteiger charge is 2.22. The minimum atomic E-state index is -0.121. The molecule has 0 saturated heterocycles. The third-order valence-corrected chi connectivity index (χ3v) is 2.90. The number of hydrogen-bond acceptors (Lipinski definition) is 4. The Morgan fingerprint density at radius 1 is 1.33 bits per heavy atom. The second-order valence-electron chi connectivity index (χ2n) is 5.05. The van der Waals surface area contributed by atoms with Crippen LogP contribution >= 0.6 is 0 Å². The first-order valence-electron chi connectivity index (χ1n) is 6.10. The molecule has 2 N–H and O–H groups in total. The van der Waals surface area contributed by atoms with Crippen LogP contribution in [0.2, 0.25) is 0 Å². The molecular weight excluding hydrogens is 228 g/mol. The quantitative estimate of drug-likeness (QED) is 0.843. The number of rotatable bonds is 3. The molecule has 2 heterocycles. The van der Waals surface area contributed by atoms with Crippen LogP contribution in [0.15, 0.2) is 12.3 Å². The maximum atomic E-state index is 12.1. The summed E-state index contributed by atoms with van der Waals surface area (Å²) in [7, 11) is 0. The minimum Gasteiger partial charge on any atom is -0.382 e. The first kappa shape index (κ1) is 12.5. The summed E-state index contributed by atoms with van der Waals surface area (Å²) in [5, 5.41) is 4.13. The second kappa shape index (κ2) is 4.40. The highest BCUT2D eigenvalue weighted by Crippen LogP contribution is 2.22. The zero-order valence-electron chi connectivity index (χ0n) is 11.1. The fourth-order valence-corrected chi connectivity index (χ4v) is 1.81. The van der Waals surface area contributed by atoms with Crippen LogP contribution in [-0.4, -0.2) is 20.4 Å². The largest absolute Gasteiger partial charge is 0.382 e. The van der Waals surface area contributed by atoms with Crippen molar-refractivity contribution in [3.8, 4) is 0 Å². The Morgan fingerprint density at radius 3 is 2.56 bits per heavy atom. The number of hydrogen-bond donors (Lipinski definition) is 1. The lowest BCUT2D eigenvalue weighted by atomic mass is 10.0. The Bertz CT molecular complexity index is 598. The molecule has 5 heteroatoms. The van der Waals surface area contributed by atoms with E-state index in [2.05, 4.69) is 23.9 Å². The fourth-order valence-electron chi connectivity index (χ4n) is 1.81. The van der Waals surface area contributed by atoms with Gasteiger partial charge in [0, 0.05) is 17.8 Å². The van der Waals surface area contributed by atoms with Gasteiger partial charge in [0.1, 0.15) is 5.56 Å². The lowest BCUT2D eigenvalue weighted by molar-refractivity contribution is 0.0941. The van der Waals surface area contributed by atoms with Gasteiger partial charge in [0.2, 0.25) is 0 Å². The molecule has 2 aromatic heterocycles. The molecule has 2 aromatic rings. The standard InChI is InChI=1S/C13H18N4O/c1-7(2)9-5-6-17-13(15-9)10(12(14)16-17)11(18)8(3)4/h5-8H,1-4H3,(H2,14,16). The Hall–Kier alpha value is -1.91. The first-order valence-corrected chi connectivity index (χ1v) is 6.10. The summed E-state index contributed by atoms with van der Waals surface area (Å²) in [5.74, 6) is 0.413. The van der Waals surface area contributed by atoms with Gasteiger partial charge in [0.25, 0.3) is 0 Å². The molecule has 0 aliphatic heterocycles. The molecule has 0 amide bonds. The number of fused-ring (bicyclic) bond motifs is 1. The number of nitrogens with zero attached hydrogens (tertiary/aromatic N) is 3. The van der Waals surface area contributed by atoms with Crippen molar-refractivity contribution in [2.75, 3.05) is 5.73 Å². The van der Waals surface area contributed by atoms with Crippen molar-refractivity contribution in [2.24, 2.45) is 5.92 Å². The van der Waals surface area contributed by atoms with E-state index in [9.17, 15) is 4.79 Å². The van der Waals surface area contributed by atoms with Crippen LogP contribution in [0.3, 0.4) is 0 Å². The number of ketones is 1. The molecule has 0 spiro atoms. The van der Waals surface area contributed by atoms with Gasteiger partial charge >= 0.3 is 0 Å². The van der Waals surface area contributed by atoms with Crippen LogP contribution in [0.4, 0.5) is 5.82 Å². The van der Waals surface area contributed by atoms with Crippen molar-refractivity contribution in [3.63, 3.8) is 0 Å². The summed E-state index contributed by atoms with van der Waals surface area (Å²) in [4.78, 5) is 16.6. The maximum Gasteiger partial charge on any atom is 0.172 e. The van der Waals surface area contributed by atoms with Gasteiger partial charge in [-0.2, -0.15) is 0 Å². The van der Waals surface area contributed by atoms with Gasteiger partial charge in [0.05, 0.1) is 0 Å². The molecule has 96 valence electrons. The van der Waals surface area contributed by atoms with Crippen LogP contribution in [0, 0.1) is 5.92 Å². The van der Waals surface area contributed by atoms with Gasteiger partial charge in [-0.3, -0.25) is 4.79 Å². The zero-order valence-corrected chi connectivity index (χ0v) is 11.1. The number of nitrogen functional groups attached to an aromatic ring is 1. The molecule has 18 heavy (non-hydrogen) atoms. The molecule has 0 atom stereocenters. The Kier molecular flexibility index (Phi) is 3.07. The van der Waals surface area contributed by atoms with E-state index in [1.807, 2.05) is 19.9 Å². The molecule has 5 nitrogen and oxygen atoms in total. The van der Waals surface area contributed by atoms with E-state index in [1.165, 1.54) is 0 Å². The molecule has 0 radical (unpaired) electrons. The average molecular weight is 246 g/mol. The van der Waals surface area contributed by atoms with Crippen molar-refractivity contribution >= 4 is 17.2 Å². The third-order valence-electron chi connectivity index (χ3n) is 2.90. The summed E-state index contributed by atoms with van der Waals surface area (Å²) < 4.78 is 1.57. The number of Topliss-reactive ketones (excluding diaryl/α,β-unsaturated/α-hetero) is 1. The third kappa shape index (κ3) is 1.96. The molecule has 0 aliphatic rings. The highest BCUT2D eigenvalue weighted by atomic mass is 16.1. The molecule has 0 fully saturated rings. The molecule has 0 aromatic carbocycles. The lowest BCUT2D eigenvalue weighted by Crippen LogP contribution is -2.10. The van der Waals surface area contributed by atoms with Crippen molar-refractivity contribution in [1.82, 2.24) is 14.6 Å². The number of anilines is 1. The van der Waals surface area contributed by atoms with Crippen LogP contribution < -0.4 is 5.73 Å². The molecule has 2 rings (SSSR count). The lowest BCUT2D eigenvalue weighted by Gasteiger charge is -2.06. The van der Waals surface area contributed by atoms with E-state index in [0.29, 0.717) is 17.1 Å². The van der Waals surface area contributed by atoms with E-state index >= 15 is 0 Å². The topological polar surface area (TPSA) is 73.3 Å². The summed E-state index contributed by atoms with van der Waals surface area (Å²) in [6.07, 6.45) is 1.80. The predicted octanol–water partition coefficient (Wildman–Crippen LogP) is 2.27. The number of aromatic nitrogens is 3. The Morgan fingerprint density at radius 2 is 2.00 bits per heavy atom. The van der Waals surface area contributed by atoms with Gasteiger partial charge in [0.15, 0.2) is 17.2 Å².